The lowest BCUT2D eigenvalue weighted by Crippen LogP contribution is -2.26. The molecule has 74 valence electrons. The SMILES string of the molecule is CCOC(c1cnn(C)c1)C(C)N. The lowest BCUT2D eigenvalue weighted by atomic mass is 10.1. The van der Waals surface area contributed by atoms with Crippen LogP contribution < -0.4 is 5.73 Å². The summed E-state index contributed by atoms with van der Waals surface area (Å²) in [5, 5.41) is 4.08. The lowest BCUT2D eigenvalue weighted by Gasteiger charge is -2.18. The van der Waals surface area contributed by atoms with E-state index in [1.165, 1.54) is 0 Å². The molecule has 0 aliphatic rings. The molecule has 1 heterocycles. The van der Waals surface area contributed by atoms with Gasteiger partial charge in [-0.05, 0) is 13.8 Å². The van der Waals surface area contributed by atoms with Crippen molar-refractivity contribution in [3.05, 3.63) is 18.0 Å². The van der Waals surface area contributed by atoms with Crippen molar-refractivity contribution in [2.75, 3.05) is 6.61 Å². The molecule has 0 aliphatic carbocycles. The Labute approximate surface area is 78.7 Å². The molecule has 2 N–H and O–H groups in total. The van der Waals surface area contributed by atoms with Gasteiger partial charge in [0, 0.05) is 31.5 Å². The Morgan fingerprint density at radius 2 is 2.38 bits per heavy atom. The van der Waals surface area contributed by atoms with E-state index in [-0.39, 0.29) is 12.1 Å². The highest BCUT2D eigenvalue weighted by Crippen LogP contribution is 2.18. The van der Waals surface area contributed by atoms with Gasteiger partial charge in [-0.15, -0.1) is 0 Å². The normalized spacial score (nSPS) is 15.7. The number of rotatable bonds is 4. The maximum Gasteiger partial charge on any atom is 0.100 e. The highest BCUT2D eigenvalue weighted by molar-refractivity contribution is 5.10. The topological polar surface area (TPSA) is 53.1 Å². The summed E-state index contributed by atoms with van der Waals surface area (Å²) in [5.41, 5.74) is 6.84. The van der Waals surface area contributed by atoms with E-state index in [9.17, 15) is 0 Å². The van der Waals surface area contributed by atoms with Crippen LogP contribution in [0.3, 0.4) is 0 Å². The Morgan fingerprint density at radius 3 is 2.77 bits per heavy atom. The first-order valence-corrected chi connectivity index (χ1v) is 4.51. The number of hydrogen-bond donors (Lipinski definition) is 1. The number of aromatic nitrogens is 2. The third-order valence-electron chi connectivity index (χ3n) is 1.88. The second-order valence-electron chi connectivity index (χ2n) is 3.18. The maximum atomic E-state index is 5.80. The van der Waals surface area contributed by atoms with Crippen LogP contribution >= 0.6 is 0 Å². The van der Waals surface area contributed by atoms with Gasteiger partial charge in [0.25, 0.3) is 0 Å². The minimum Gasteiger partial charge on any atom is -0.372 e. The Hall–Kier alpha value is -0.870. The van der Waals surface area contributed by atoms with Crippen LogP contribution in [0.1, 0.15) is 25.5 Å². The standard InChI is InChI=1S/C9H17N3O/c1-4-13-9(7(2)10)8-5-11-12(3)6-8/h5-7,9H,4,10H2,1-3H3. The van der Waals surface area contributed by atoms with Crippen molar-refractivity contribution >= 4 is 0 Å². The second kappa shape index (κ2) is 4.39. The van der Waals surface area contributed by atoms with E-state index in [4.69, 9.17) is 10.5 Å². The van der Waals surface area contributed by atoms with Crippen molar-refractivity contribution in [1.82, 2.24) is 9.78 Å². The summed E-state index contributed by atoms with van der Waals surface area (Å²) in [5.74, 6) is 0. The molecule has 13 heavy (non-hydrogen) atoms. The summed E-state index contributed by atoms with van der Waals surface area (Å²) in [4.78, 5) is 0. The number of nitrogens with zero attached hydrogens (tertiary/aromatic N) is 2. The molecule has 0 saturated carbocycles. The summed E-state index contributed by atoms with van der Waals surface area (Å²) in [6.07, 6.45) is 3.69. The molecule has 0 spiro atoms. The van der Waals surface area contributed by atoms with Crippen LogP contribution in [0.2, 0.25) is 0 Å². The average Bonchev–Trinajstić information content (AvgIpc) is 2.46. The van der Waals surface area contributed by atoms with E-state index >= 15 is 0 Å². The highest BCUT2D eigenvalue weighted by Gasteiger charge is 2.17. The van der Waals surface area contributed by atoms with Gasteiger partial charge in [-0.3, -0.25) is 4.68 Å². The predicted molar refractivity (Wildman–Crippen MR) is 51.2 cm³/mol. The van der Waals surface area contributed by atoms with Crippen molar-refractivity contribution in [2.45, 2.75) is 26.0 Å². The molecular weight excluding hydrogens is 166 g/mol. The van der Waals surface area contributed by atoms with Crippen LogP contribution in [0.5, 0.6) is 0 Å². The van der Waals surface area contributed by atoms with Gasteiger partial charge in [0.05, 0.1) is 6.20 Å². The highest BCUT2D eigenvalue weighted by atomic mass is 16.5. The molecule has 1 aromatic rings. The van der Waals surface area contributed by atoms with Crippen LogP contribution in [0, 0.1) is 0 Å². The number of hydrogen-bond acceptors (Lipinski definition) is 3. The van der Waals surface area contributed by atoms with Crippen LogP contribution in [-0.2, 0) is 11.8 Å². The molecule has 0 aliphatic heterocycles. The van der Waals surface area contributed by atoms with Crippen LogP contribution in [0.25, 0.3) is 0 Å². The first-order valence-electron chi connectivity index (χ1n) is 4.51. The molecule has 2 unspecified atom stereocenters. The van der Waals surface area contributed by atoms with Crippen molar-refractivity contribution < 1.29 is 4.74 Å². The average molecular weight is 183 g/mol. The molecule has 0 fully saturated rings. The monoisotopic (exact) mass is 183 g/mol. The molecule has 0 bridgehead atoms. The zero-order valence-corrected chi connectivity index (χ0v) is 8.40. The van der Waals surface area contributed by atoms with Gasteiger partial charge in [-0.2, -0.15) is 5.10 Å². The van der Waals surface area contributed by atoms with Gasteiger partial charge in [0.15, 0.2) is 0 Å². The number of nitrogens with two attached hydrogens (primary N) is 1. The van der Waals surface area contributed by atoms with Crippen LogP contribution in [0.4, 0.5) is 0 Å². The molecule has 0 aromatic carbocycles. The van der Waals surface area contributed by atoms with Gasteiger partial charge in [0.2, 0.25) is 0 Å². The van der Waals surface area contributed by atoms with Gasteiger partial charge in [-0.1, -0.05) is 0 Å². The third kappa shape index (κ3) is 2.54. The van der Waals surface area contributed by atoms with E-state index in [2.05, 4.69) is 5.10 Å². The molecule has 1 rings (SSSR count). The molecule has 1 aromatic heterocycles. The van der Waals surface area contributed by atoms with Gasteiger partial charge < -0.3 is 10.5 Å². The summed E-state index contributed by atoms with van der Waals surface area (Å²) in [6.45, 7) is 4.57. The van der Waals surface area contributed by atoms with E-state index < -0.39 is 0 Å². The molecule has 4 nitrogen and oxygen atoms in total. The summed E-state index contributed by atoms with van der Waals surface area (Å²) < 4.78 is 7.28. The van der Waals surface area contributed by atoms with Crippen molar-refractivity contribution in [3.8, 4) is 0 Å². The first-order chi connectivity index (χ1) is 6.15. The van der Waals surface area contributed by atoms with Gasteiger partial charge in [0.1, 0.15) is 6.10 Å². The van der Waals surface area contributed by atoms with E-state index in [0.29, 0.717) is 6.61 Å². The third-order valence-corrected chi connectivity index (χ3v) is 1.88. The van der Waals surface area contributed by atoms with Gasteiger partial charge in [-0.25, -0.2) is 0 Å². The largest absolute Gasteiger partial charge is 0.372 e. The fraction of sp³-hybridized carbons (Fsp3) is 0.667. The molecule has 0 radical (unpaired) electrons. The molecule has 0 saturated heterocycles. The maximum absolute atomic E-state index is 5.80. The molecule has 0 amide bonds. The summed E-state index contributed by atoms with van der Waals surface area (Å²) in [7, 11) is 1.88. The fourth-order valence-electron chi connectivity index (χ4n) is 1.32. The van der Waals surface area contributed by atoms with Crippen molar-refractivity contribution in [2.24, 2.45) is 12.8 Å². The fourth-order valence-corrected chi connectivity index (χ4v) is 1.32. The van der Waals surface area contributed by atoms with Crippen molar-refractivity contribution in [1.29, 1.82) is 0 Å². The Balaban J connectivity index is 2.75. The number of aryl methyl sites for hydroxylation is 1. The van der Waals surface area contributed by atoms with Crippen molar-refractivity contribution in [3.63, 3.8) is 0 Å². The summed E-state index contributed by atoms with van der Waals surface area (Å²) >= 11 is 0. The zero-order valence-electron chi connectivity index (χ0n) is 8.40. The van der Waals surface area contributed by atoms with E-state index in [1.807, 2.05) is 27.1 Å². The Morgan fingerprint density at radius 1 is 1.69 bits per heavy atom. The summed E-state index contributed by atoms with van der Waals surface area (Å²) in [6, 6.07) is -0.0100. The minimum absolute atomic E-state index is 0.0100. The zero-order chi connectivity index (χ0) is 9.84. The Bertz CT molecular complexity index is 257. The molecule has 4 heteroatoms. The quantitative estimate of drug-likeness (QED) is 0.752. The predicted octanol–water partition coefficient (Wildman–Crippen LogP) is 0.845. The van der Waals surface area contributed by atoms with Gasteiger partial charge >= 0.3 is 0 Å². The Kier molecular flexibility index (Phi) is 3.45. The lowest BCUT2D eigenvalue weighted by molar-refractivity contribution is 0.0474. The van der Waals surface area contributed by atoms with Crippen LogP contribution in [0.15, 0.2) is 12.4 Å². The second-order valence-corrected chi connectivity index (χ2v) is 3.18. The van der Waals surface area contributed by atoms with E-state index in [1.54, 1.807) is 10.9 Å². The molecular formula is C9H17N3O. The van der Waals surface area contributed by atoms with E-state index in [0.717, 1.165) is 5.56 Å². The smallest absolute Gasteiger partial charge is 0.100 e. The number of ether oxygens (including phenoxy) is 1. The minimum atomic E-state index is -0.0429. The first kappa shape index (κ1) is 10.2. The van der Waals surface area contributed by atoms with Crippen LogP contribution in [-0.4, -0.2) is 22.4 Å². The molecule has 2 atom stereocenters.